The lowest BCUT2D eigenvalue weighted by atomic mass is 10.2. The Balaban J connectivity index is 2.03. The molecule has 4 heteroatoms. The van der Waals surface area contributed by atoms with Gasteiger partial charge in [-0.2, -0.15) is 11.8 Å². The van der Waals surface area contributed by atoms with Crippen LogP contribution in [0, 0.1) is 0 Å². The van der Waals surface area contributed by atoms with E-state index >= 15 is 0 Å². The molecule has 2 unspecified atom stereocenters. The highest BCUT2D eigenvalue weighted by atomic mass is 32.2. The van der Waals surface area contributed by atoms with Gasteiger partial charge in [-0.05, 0) is 26.4 Å². The van der Waals surface area contributed by atoms with Crippen LogP contribution in [0.3, 0.4) is 0 Å². The second-order valence-electron chi connectivity index (χ2n) is 4.45. The van der Waals surface area contributed by atoms with Gasteiger partial charge in [-0.1, -0.05) is 6.92 Å². The molecule has 96 valence electrons. The second kappa shape index (κ2) is 8.34. The lowest BCUT2D eigenvalue weighted by Crippen LogP contribution is -2.45. The maximum absolute atomic E-state index is 4.99. The van der Waals surface area contributed by atoms with Crippen LogP contribution in [-0.2, 0) is 4.74 Å². The largest absolute Gasteiger partial charge is 0.383 e. The summed E-state index contributed by atoms with van der Waals surface area (Å²) >= 11 is 2.11. The fraction of sp³-hybridized carbons (Fsp3) is 1.00. The molecule has 2 atom stereocenters. The van der Waals surface area contributed by atoms with E-state index in [2.05, 4.69) is 35.8 Å². The normalized spacial score (nSPS) is 27.2. The van der Waals surface area contributed by atoms with Crippen LogP contribution < -0.4 is 5.32 Å². The van der Waals surface area contributed by atoms with Crippen LogP contribution >= 0.6 is 11.8 Å². The molecule has 3 nitrogen and oxygen atoms in total. The Morgan fingerprint density at radius 2 is 2.19 bits per heavy atom. The van der Waals surface area contributed by atoms with Crippen molar-refractivity contribution in [1.82, 2.24) is 10.2 Å². The van der Waals surface area contributed by atoms with Crippen molar-refractivity contribution in [3.05, 3.63) is 0 Å². The van der Waals surface area contributed by atoms with Crippen molar-refractivity contribution in [3.8, 4) is 0 Å². The summed E-state index contributed by atoms with van der Waals surface area (Å²) in [6.45, 7) is 10.1. The molecule has 1 aliphatic rings. The maximum atomic E-state index is 4.99. The van der Waals surface area contributed by atoms with E-state index in [-0.39, 0.29) is 0 Å². The molecule has 1 rings (SSSR count). The number of ether oxygens (including phenoxy) is 1. The molecule has 1 heterocycles. The predicted molar refractivity (Wildman–Crippen MR) is 72.3 cm³/mol. The lowest BCUT2D eigenvalue weighted by Gasteiger charge is -2.37. The zero-order valence-electron chi connectivity index (χ0n) is 10.9. The zero-order valence-corrected chi connectivity index (χ0v) is 11.7. The topological polar surface area (TPSA) is 24.5 Å². The fourth-order valence-corrected chi connectivity index (χ4v) is 3.18. The molecule has 1 saturated heterocycles. The van der Waals surface area contributed by atoms with E-state index in [1.807, 2.05) is 0 Å². The Hall–Kier alpha value is 0.230. The Morgan fingerprint density at radius 1 is 1.38 bits per heavy atom. The summed E-state index contributed by atoms with van der Waals surface area (Å²) in [6, 6.07) is 0.734. The van der Waals surface area contributed by atoms with Gasteiger partial charge in [-0.15, -0.1) is 0 Å². The third kappa shape index (κ3) is 5.04. The Bertz CT molecular complexity index is 180. The highest BCUT2D eigenvalue weighted by molar-refractivity contribution is 8.00. The minimum atomic E-state index is 0.734. The van der Waals surface area contributed by atoms with Gasteiger partial charge in [0.15, 0.2) is 0 Å². The number of hydrogen-bond donors (Lipinski definition) is 1. The monoisotopic (exact) mass is 246 g/mol. The molecule has 0 saturated carbocycles. The fourth-order valence-electron chi connectivity index (χ4n) is 2.02. The minimum absolute atomic E-state index is 0.734. The average molecular weight is 246 g/mol. The number of nitrogens with one attached hydrogen (secondary N) is 1. The Labute approximate surface area is 104 Å². The van der Waals surface area contributed by atoms with Gasteiger partial charge >= 0.3 is 0 Å². The third-order valence-electron chi connectivity index (χ3n) is 3.30. The van der Waals surface area contributed by atoms with Crippen LogP contribution in [0.25, 0.3) is 0 Å². The molecule has 0 aliphatic carbocycles. The predicted octanol–water partition coefficient (Wildman–Crippen LogP) is 1.44. The van der Waals surface area contributed by atoms with Crippen molar-refractivity contribution in [3.63, 3.8) is 0 Å². The van der Waals surface area contributed by atoms with Crippen LogP contribution in [0.5, 0.6) is 0 Å². The lowest BCUT2D eigenvalue weighted by molar-refractivity contribution is 0.194. The maximum Gasteiger partial charge on any atom is 0.0587 e. The average Bonchev–Trinajstić information content (AvgIpc) is 2.29. The second-order valence-corrected chi connectivity index (χ2v) is 5.93. The number of methoxy groups -OCH3 is 1. The molecule has 16 heavy (non-hydrogen) atoms. The molecule has 0 radical (unpaired) electrons. The van der Waals surface area contributed by atoms with E-state index in [0.29, 0.717) is 0 Å². The number of nitrogens with zero attached hydrogens (tertiary/aromatic N) is 1. The first-order chi connectivity index (χ1) is 7.75. The molecule has 0 aromatic carbocycles. The summed E-state index contributed by atoms with van der Waals surface area (Å²) in [6.07, 6.45) is 1.24. The van der Waals surface area contributed by atoms with Gasteiger partial charge in [-0.3, -0.25) is 4.90 Å². The highest BCUT2D eigenvalue weighted by Gasteiger charge is 2.24. The van der Waals surface area contributed by atoms with Gasteiger partial charge < -0.3 is 10.1 Å². The van der Waals surface area contributed by atoms with Crippen molar-refractivity contribution in [2.45, 2.75) is 31.6 Å². The standard InChI is InChI=1S/C12H26N2OS/c1-11-12(2)16-10-8-14(11)7-4-5-13-6-9-15-3/h11-13H,4-10H2,1-3H3. The quantitative estimate of drug-likeness (QED) is 0.687. The van der Waals surface area contributed by atoms with Crippen LogP contribution in [-0.4, -0.2) is 61.8 Å². The highest BCUT2D eigenvalue weighted by Crippen LogP contribution is 2.23. The van der Waals surface area contributed by atoms with Gasteiger partial charge in [-0.25, -0.2) is 0 Å². The number of thioether (sulfide) groups is 1. The van der Waals surface area contributed by atoms with Gasteiger partial charge in [0.1, 0.15) is 0 Å². The van der Waals surface area contributed by atoms with Crippen LogP contribution in [0.4, 0.5) is 0 Å². The first-order valence-corrected chi connectivity index (χ1v) is 7.36. The van der Waals surface area contributed by atoms with Crippen molar-refractivity contribution in [2.24, 2.45) is 0 Å². The first kappa shape index (κ1) is 14.3. The SMILES string of the molecule is COCCNCCCN1CCSC(C)C1C. The van der Waals surface area contributed by atoms with Crippen LogP contribution in [0.15, 0.2) is 0 Å². The molecule has 1 N–H and O–H groups in total. The molecule has 1 fully saturated rings. The van der Waals surface area contributed by atoms with E-state index in [0.717, 1.165) is 31.0 Å². The zero-order chi connectivity index (χ0) is 11.8. The first-order valence-electron chi connectivity index (χ1n) is 6.31. The van der Waals surface area contributed by atoms with Crippen molar-refractivity contribution < 1.29 is 4.74 Å². The van der Waals surface area contributed by atoms with Crippen molar-refractivity contribution in [1.29, 1.82) is 0 Å². The summed E-state index contributed by atoms with van der Waals surface area (Å²) in [5, 5.41) is 4.18. The summed E-state index contributed by atoms with van der Waals surface area (Å²) in [4.78, 5) is 2.62. The molecule has 1 aliphatic heterocycles. The van der Waals surface area contributed by atoms with Crippen LogP contribution in [0.1, 0.15) is 20.3 Å². The Morgan fingerprint density at radius 3 is 2.94 bits per heavy atom. The molecule has 0 spiro atoms. The van der Waals surface area contributed by atoms with E-state index in [4.69, 9.17) is 4.74 Å². The number of hydrogen-bond acceptors (Lipinski definition) is 4. The van der Waals surface area contributed by atoms with E-state index in [1.165, 1.54) is 25.3 Å². The summed E-state index contributed by atoms with van der Waals surface area (Å²) in [7, 11) is 1.75. The number of rotatable bonds is 7. The Kier molecular flexibility index (Phi) is 7.45. The van der Waals surface area contributed by atoms with Gasteiger partial charge in [0.05, 0.1) is 6.61 Å². The minimum Gasteiger partial charge on any atom is -0.383 e. The summed E-state index contributed by atoms with van der Waals surface area (Å²) in [5.74, 6) is 1.29. The van der Waals surface area contributed by atoms with Gasteiger partial charge in [0.25, 0.3) is 0 Å². The molecule has 0 aromatic rings. The van der Waals surface area contributed by atoms with Crippen molar-refractivity contribution >= 4 is 11.8 Å². The van der Waals surface area contributed by atoms with E-state index in [9.17, 15) is 0 Å². The van der Waals surface area contributed by atoms with E-state index < -0.39 is 0 Å². The van der Waals surface area contributed by atoms with Gasteiger partial charge in [0.2, 0.25) is 0 Å². The third-order valence-corrected chi connectivity index (χ3v) is 4.63. The van der Waals surface area contributed by atoms with Crippen LogP contribution in [0.2, 0.25) is 0 Å². The molecule has 0 amide bonds. The van der Waals surface area contributed by atoms with Gasteiger partial charge in [0, 0.05) is 37.2 Å². The molecule has 0 aromatic heterocycles. The smallest absolute Gasteiger partial charge is 0.0587 e. The van der Waals surface area contributed by atoms with E-state index in [1.54, 1.807) is 7.11 Å². The molecule has 0 bridgehead atoms. The summed E-state index contributed by atoms with van der Waals surface area (Å²) in [5.41, 5.74) is 0. The molecular weight excluding hydrogens is 220 g/mol. The molecular formula is C12H26N2OS. The summed E-state index contributed by atoms with van der Waals surface area (Å²) < 4.78 is 4.99. The van der Waals surface area contributed by atoms with Crippen molar-refractivity contribution in [2.75, 3.05) is 45.6 Å².